The first-order valence-electron chi connectivity index (χ1n) is 9.13. The number of thiazole rings is 1. The first-order chi connectivity index (χ1) is 12.7. The molecule has 2 aliphatic rings. The molecule has 1 aliphatic carbocycles. The van der Waals surface area contributed by atoms with Gasteiger partial charge in [0.05, 0.1) is 22.9 Å². The number of fused-ring (bicyclic) bond motifs is 2. The van der Waals surface area contributed by atoms with E-state index >= 15 is 0 Å². The molecule has 1 aliphatic heterocycles. The fraction of sp³-hybridized carbons (Fsp3) is 0.421. The number of anilines is 2. The van der Waals surface area contributed by atoms with Gasteiger partial charge in [0.25, 0.3) is 5.56 Å². The lowest BCUT2D eigenvalue weighted by Gasteiger charge is -2.36. The predicted octanol–water partition coefficient (Wildman–Crippen LogP) is 2.21. The van der Waals surface area contributed by atoms with Crippen LogP contribution in [0.4, 0.5) is 10.8 Å². The molecule has 26 heavy (non-hydrogen) atoms. The molecule has 7 heteroatoms. The highest BCUT2D eigenvalue weighted by atomic mass is 32.1. The number of nitrogens with zero attached hydrogens (tertiary/aromatic N) is 5. The lowest BCUT2D eigenvalue weighted by Crippen LogP contribution is -2.46. The zero-order valence-electron chi connectivity index (χ0n) is 14.8. The van der Waals surface area contributed by atoms with Gasteiger partial charge in [-0.25, -0.2) is 9.97 Å². The van der Waals surface area contributed by atoms with Crippen molar-refractivity contribution in [3.05, 3.63) is 45.5 Å². The van der Waals surface area contributed by atoms with Crippen LogP contribution in [0.2, 0.25) is 0 Å². The third-order valence-corrected chi connectivity index (χ3v) is 6.62. The van der Waals surface area contributed by atoms with Crippen molar-refractivity contribution in [2.24, 2.45) is 7.05 Å². The van der Waals surface area contributed by atoms with Crippen molar-refractivity contribution in [2.75, 3.05) is 36.0 Å². The van der Waals surface area contributed by atoms with Crippen LogP contribution in [0, 0.1) is 0 Å². The molecule has 0 spiro atoms. The van der Waals surface area contributed by atoms with Crippen LogP contribution in [-0.2, 0) is 19.9 Å². The molecule has 3 aromatic rings. The molecule has 134 valence electrons. The van der Waals surface area contributed by atoms with E-state index in [4.69, 9.17) is 4.98 Å². The molecular formula is C19H21N5OS. The number of piperazine rings is 1. The van der Waals surface area contributed by atoms with Gasteiger partial charge in [0, 0.05) is 43.8 Å². The Kier molecular flexibility index (Phi) is 3.70. The summed E-state index contributed by atoms with van der Waals surface area (Å²) in [5.41, 5.74) is 3.24. The zero-order chi connectivity index (χ0) is 17.7. The van der Waals surface area contributed by atoms with E-state index in [9.17, 15) is 4.79 Å². The molecule has 1 saturated heterocycles. The van der Waals surface area contributed by atoms with Gasteiger partial charge in [-0.3, -0.25) is 4.79 Å². The van der Waals surface area contributed by atoms with Crippen molar-refractivity contribution in [1.82, 2.24) is 14.5 Å². The minimum absolute atomic E-state index is 0.00295. The number of hydrogen-bond donors (Lipinski definition) is 0. The molecule has 6 nitrogen and oxygen atoms in total. The highest BCUT2D eigenvalue weighted by Crippen LogP contribution is 2.33. The first-order valence-corrected chi connectivity index (χ1v) is 9.94. The fourth-order valence-electron chi connectivity index (χ4n) is 3.86. The van der Waals surface area contributed by atoms with Crippen LogP contribution < -0.4 is 15.4 Å². The van der Waals surface area contributed by atoms with Crippen LogP contribution in [0.5, 0.6) is 0 Å². The predicted molar refractivity (Wildman–Crippen MR) is 106 cm³/mol. The summed E-state index contributed by atoms with van der Waals surface area (Å²) >= 11 is 1.88. The Bertz CT molecular complexity index is 1010. The van der Waals surface area contributed by atoms with Crippen LogP contribution in [0.3, 0.4) is 0 Å². The van der Waals surface area contributed by atoms with E-state index in [0.717, 1.165) is 43.8 Å². The molecule has 1 fully saturated rings. The Morgan fingerprint density at radius 3 is 2.69 bits per heavy atom. The minimum Gasteiger partial charge on any atom is -0.368 e. The lowest BCUT2D eigenvalue weighted by molar-refractivity contribution is 0.651. The standard InChI is InChI=1S/C19H21N5OS/c1-22-12-20-16-11-13(5-6-14(16)18(22)25)23-7-9-24(10-8-23)19-21-15-3-2-4-17(15)26-19/h5-6,11-12H,2-4,7-10H2,1H3. The van der Waals surface area contributed by atoms with Gasteiger partial charge >= 0.3 is 0 Å². The molecule has 1 aromatic carbocycles. The maximum atomic E-state index is 12.2. The third kappa shape index (κ3) is 2.58. The Balaban J connectivity index is 1.34. The smallest absolute Gasteiger partial charge is 0.260 e. The van der Waals surface area contributed by atoms with Gasteiger partial charge in [-0.2, -0.15) is 0 Å². The van der Waals surface area contributed by atoms with E-state index in [-0.39, 0.29) is 5.56 Å². The Morgan fingerprint density at radius 2 is 1.88 bits per heavy atom. The van der Waals surface area contributed by atoms with Crippen LogP contribution in [-0.4, -0.2) is 40.7 Å². The molecule has 0 radical (unpaired) electrons. The molecule has 0 unspecified atom stereocenters. The Labute approximate surface area is 155 Å². The summed E-state index contributed by atoms with van der Waals surface area (Å²) in [6.07, 6.45) is 5.21. The van der Waals surface area contributed by atoms with Crippen molar-refractivity contribution < 1.29 is 0 Å². The van der Waals surface area contributed by atoms with Crippen LogP contribution >= 0.6 is 11.3 Å². The summed E-state index contributed by atoms with van der Waals surface area (Å²) in [5, 5.41) is 1.87. The van der Waals surface area contributed by atoms with Gasteiger partial charge in [0.1, 0.15) is 0 Å². The number of aryl methyl sites for hydroxylation is 3. The lowest BCUT2D eigenvalue weighted by atomic mass is 10.2. The maximum absolute atomic E-state index is 12.2. The largest absolute Gasteiger partial charge is 0.368 e. The summed E-state index contributed by atoms with van der Waals surface area (Å²) in [6.45, 7) is 3.88. The summed E-state index contributed by atoms with van der Waals surface area (Å²) < 4.78 is 1.52. The summed E-state index contributed by atoms with van der Waals surface area (Å²) in [4.78, 5) is 27.7. The van der Waals surface area contributed by atoms with Gasteiger partial charge in [-0.15, -0.1) is 11.3 Å². The molecule has 0 atom stereocenters. The molecule has 0 bridgehead atoms. The second-order valence-electron chi connectivity index (χ2n) is 7.06. The zero-order valence-corrected chi connectivity index (χ0v) is 15.6. The highest BCUT2D eigenvalue weighted by molar-refractivity contribution is 7.15. The molecule has 0 amide bonds. The third-order valence-electron chi connectivity index (χ3n) is 5.40. The van der Waals surface area contributed by atoms with E-state index < -0.39 is 0 Å². The number of rotatable bonds is 2. The average Bonchev–Trinajstić information content (AvgIpc) is 3.27. The van der Waals surface area contributed by atoms with Crippen LogP contribution in [0.25, 0.3) is 10.9 Å². The number of benzene rings is 1. The van der Waals surface area contributed by atoms with Crippen molar-refractivity contribution in [3.8, 4) is 0 Å². The Hall–Kier alpha value is -2.41. The molecule has 2 aromatic heterocycles. The SMILES string of the molecule is Cn1cnc2cc(N3CCN(c4nc5c(s4)CCC5)CC3)ccc2c1=O. The van der Waals surface area contributed by atoms with Gasteiger partial charge < -0.3 is 14.4 Å². The van der Waals surface area contributed by atoms with Crippen molar-refractivity contribution >= 4 is 33.1 Å². The van der Waals surface area contributed by atoms with Gasteiger partial charge in [0.15, 0.2) is 5.13 Å². The molecule has 3 heterocycles. The van der Waals surface area contributed by atoms with E-state index in [1.807, 2.05) is 29.5 Å². The van der Waals surface area contributed by atoms with Crippen molar-refractivity contribution in [1.29, 1.82) is 0 Å². The maximum Gasteiger partial charge on any atom is 0.260 e. The van der Waals surface area contributed by atoms with Crippen molar-refractivity contribution in [3.63, 3.8) is 0 Å². The quantitative estimate of drug-likeness (QED) is 0.695. The molecular weight excluding hydrogens is 346 g/mol. The second-order valence-corrected chi connectivity index (χ2v) is 8.12. The van der Waals surface area contributed by atoms with Crippen LogP contribution in [0.15, 0.2) is 29.3 Å². The van der Waals surface area contributed by atoms with Gasteiger partial charge in [-0.1, -0.05) is 0 Å². The van der Waals surface area contributed by atoms with E-state index in [0.29, 0.717) is 5.39 Å². The Morgan fingerprint density at radius 1 is 1.08 bits per heavy atom. The minimum atomic E-state index is 0.00295. The normalized spacial score (nSPS) is 17.1. The molecule has 0 saturated carbocycles. The number of hydrogen-bond acceptors (Lipinski definition) is 6. The van der Waals surface area contributed by atoms with E-state index in [2.05, 4.69) is 14.8 Å². The summed E-state index contributed by atoms with van der Waals surface area (Å²) in [7, 11) is 1.73. The fourth-order valence-corrected chi connectivity index (χ4v) is 5.06. The van der Waals surface area contributed by atoms with Crippen molar-refractivity contribution in [2.45, 2.75) is 19.3 Å². The van der Waals surface area contributed by atoms with E-state index in [1.54, 1.807) is 13.4 Å². The topological polar surface area (TPSA) is 54.3 Å². The van der Waals surface area contributed by atoms with Crippen LogP contribution in [0.1, 0.15) is 17.0 Å². The first kappa shape index (κ1) is 15.8. The average molecular weight is 367 g/mol. The number of aromatic nitrogens is 3. The van der Waals surface area contributed by atoms with E-state index in [1.165, 1.54) is 33.1 Å². The summed E-state index contributed by atoms with van der Waals surface area (Å²) in [6, 6.07) is 5.97. The van der Waals surface area contributed by atoms with Gasteiger partial charge in [0.2, 0.25) is 0 Å². The molecule has 5 rings (SSSR count). The monoisotopic (exact) mass is 367 g/mol. The highest BCUT2D eigenvalue weighted by Gasteiger charge is 2.23. The summed E-state index contributed by atoms with van der Waals surface area (Å²) in [5.74, 6) is 0. The second kappa shape index (κ2) is 6.09. The van der Waals surface area contributed by atoms with Gasteiger partial charge in [-0.05, 0) is 37.5 Å². The molecule has 0 N–H and O–H groups in total.